The third kappa shape index (κ3) is 3.34. The number of sulfonamides is 1. The van der Waals surface area contributed by atoms with Crippen LogP contribution in [-0.2, 0) is 10.0 Å². The molecule has 0 saturated heterocycles. The number of nitrogens with two attached hydrogens (primary N) is 1. The summed E-state index contributed by atoms with van der Waals surface area (Å²) in [5, 5.41) is 1.87. The number of ether oxygens (including phenoxy) is 1. The summed E-state index contributed by atoms with van der Waals surface area (Å²) in [4.78, 5) is 0. The molecule has 17 heavy (non-hydrogen) atoms. The quantitative estimate of drug-likeness (QED) is 0.905. The van der Waals surface area contributed by atoms with E-state index >= 15 is 0 Å². The summed E-state index contributed by atoms with van der Waals surface area (Å²) in [6.07, 6.45) is -4.96. The van der Waals surface area contributed by atoms with E-state index in [-0.39, 0.29) is 0 Å². The summed E-state index contributed by atoms with van der Waals surface area (Å²) in [5.74, 6) is 0.323. The van der Waals surface area contributed by atoms with Crippen LogP contribution in [0.1, 0.15) is 10.8 Å². The van der Waals surface area contributed by atoms with Crippen LogP contribution in [0, 0.1) is 0 Å². The number of methoxy groups -OCH3 is 1. The molecule has 1 unspecified atom stereocenters. The van der Waals surface area contributed by atoms with E-state index in [1.807, 2.05) is 0 Å². The van der Waals surface area contributed by atoms with Crippen LogP contribution in [0.5, 0.6) is 5.75 Å². The highest BCUT2D eigenvalue weighted by Crippen LogP contribution is 2.38. The molecule has 0 aliphatic carbocycles. The van der Waals surface area contributed by atoms with Gasteiger partial charge in [-0.1, -0.05) is 12.1 Å². The highest BCUT2D eigenvalue weighted by molar-refractivity contribution is 7.89. The van der Waals surface area contributed by atoms with Gasteiger partial charge in [-0.05, 0) is 17.7 Å². The monoisotopic (exact) mass is 269 g/mol. The molecule has 1 rings (SSSR count). The van der Waals surface area contributed by atoms with Gasteiger partial charge in [-0.25, -0.2) is 13.6 Å². The molecule has 4 nitrogen and oxygen atoms in total. The zero-order chi connectivity index (χ0) is 13.3. The molecule has 0 spiro atoms. The van der Waals surface area contributed by atoms with Crippen molar-refractivity contribution in [3.05, 3.63) is 29.8 Å². The Kier molecular flexibility index (Phi) is 3.68. The standard InChI is InChI=1S/C9H10F3NO3S/c1-16-7-4-2-6(3-5-7)8(9(10,11)12)17(13,14)15/h2-5,8H,1H3,(H2,13,14,15). The summed E-state index contributed by atoms with van der Waals surface area (Å²) in [7, 11) is -3.42. The van der Waals surface area contributed by atoms with E-state index in [0.717, 1.165) is 12.1 Å². The van der Waals surface area contributed by atoms with Gasteiger partial charge in [0.05, 0.1) is 7.11 Å². The molecule has 1 aromatic carbocycles. The lowest BCUT2D eigenvalue weighted by atomic mass is 10.1. The van der Waals surface area contributed by atoms with E-state index in [4.69, 9.17) is 4.74 Å². The zero-order valence-electron chi connectivity index (χ0n) is 8.73. The molecule has 1 aromatic rings. The first kappa shape index (κ1) is 13.8. The third-order valence-electron chi connectivity index (χ3n) is 2.04. The first-order valence-electron chi connectivity index (χ1n) is 4.38. The third-order valence-corrected chi connectivity index (χ3v) is 3.24. The van der Waals surface area contributed by atoms with Gasteiger partial charge in [0.25, 0.3) is 0 Å². The molecule has 0 aliphatic rings. The van der Waals surface area contributed by atoms with E-state index in [2.05, 4.69) is 5.14 Å². The lowest BCUT2D eigenvalue weighted by molar-refractivity contribution is -0.131. The number of halogens is 3. The molecule has 0 radical (unpaired) electrons. The minimum Gasteiger partial charge on any atom is -0.497 e. The van der Waals surface area contributed by atoms with Crippen molar-refractivity contribution in [2.45, 2.75) is 11.4 Å². The number of hydrogen-bond donors (Lipinski definition) is 1. The molecule has 0 aromatic heterocycles. The normalized spacial score (nSPS) is 14.4. The fraction of sp³-hybridized carbons (Fsp3) is 0.333. The smallest absolute Gasteiger partial charge is 0.410 e. The van der Waals surface area contributed by atoms with Gasteiger partial charge in [0, 0.05) is 0 Å². The van der Waals surface area contributed by atoms with Crippen LogP contribution in [0.4, 0.5) is 13.2 Å². The maximum absolute atomic E-state index is 12.6. The Morgan fingerprint density at radius 3 is 2.00 bits per heavy atom. The fourth-order valence-corrected chi connectivity index (χ4v) is 2.25. The Hall–Kier alpha value is -1.28. The molecule has 0 aliphatic heterocycles. The Morgan fingerprint density at radius 1 is 1.24 bits per heavy atom. The van der Waals surface area contributed by atoms with E-state index < -0.39 is 27.0 Å². The lowest BCUT2D eigenvalue weighted by Gasteiger charge is -2.18. The van der Waals surface area contributed by atoms with Crippen LogP contribution < -0.4 is 9.88 Å². The van der Waals surface area contributed by atoms with Gasteiger partial charge >= 0.3 is 6.18 Å². The number of primary sulfonamides is 1. The van der Waals surface area contributed by atoms with Crippen molar-refractivity contribution in [3.63, 3.8) is 0 Å². The maximum Gasteiger partial charge on any atom is 0.410 e. The maximum atomic E-state index is 12.6. The molecule has 2 N–H and O–H groups in total. The molecule has 0 amide bonds. The predicted molar refractivity (Wildman–Crippen MR) is 54.9 cm³/mol. The summed E-state index contributed by atoms with van der Waals surface area (Å²) >= 11 is 0. The van der Waals surface area contributed by atoms with Gasteiger partial charge in [-0.15, -0.1) is 0 Å². The summed E-state index contributed by atoms with van der Waals surface area (Å²) in [6, 6.07) is 4.50. The predicted octanol–water partition coefficient (Wildman–Crippen LogP) is 1.59. The van der Waals surface area contributed by atoms with Gasteiger partial charge in [0.2, 0.25) is 10.0 Å². The SMILES string of the molecule is COc1ccc(C(C(F)(F)F)S(N)(=O)=O)cc1. The Bertz CT molecular complexity index is 481. The molecule has 0 saturated carbocycles. The second-order valence-corrected chi connectivity index (χ2v) is 4.93. The van der Waals surface area contributed by atoms with E-state index in [0.29, 0.717) is 5.75 Å². The van der Waals surface area contributed by atoms with Crippen molar-refractivity contribution in [1.82, 2.24) is 0 Å². The van der Waals surface area contributed by atoms with E-state index in [1.54, 1.807) is 0 Å². The molecule has 1 atom stereocenters. The average molecular weight is 269 g/mol. The largest absolute Gasteiger partial charge is 0.497 e. The van der Waals surface area contributed by atoms with Gasteiger partial charge < -0.3 is 4.74 Å². The van der Waals surface area contributed by atoms with Crippen LogP contribution >= 0.6 is 0 Å². The molecular weight excluding hydrogens is 259 g/mol. The number of hydrogen-bond acceptors (Lipinski definition) is 3. The Morgan fingerprint density at radius 2 is 1.71 bits per heavy atom. The van der Waals surface area contributed by atoms with Crippen molar-refractivity contribution in [3.8, 4) is 5.75 Å². The van der Waals surface area contributed by atoms with Crippen molar-refractivity contribution in [2.75, 3.05) is 7.11 Å². The molecule has 96 valence electrons. The lowest BCUT2D eigenvalue weighted by Crippen LogP contribution is -2.33. The molecular formula is C9H10F3NO3S. The van der Waals surface area contributed by atoms with Crippen molar-refractivity contribution < 1.29 is 26.3 Å². The van der Waals surface area contributed by atoms with Gasteiger partial charge in [0.1, 0.15) is 5.75 Å². The average Bonchev–Trinajstić information content (AvgIpc) is 2.14. The summed E-state index contributed by atoms with van der Waals surface area (Å²) < 4.78 is 64.5. The van der Waals surface area contributed by atoms with Crippen LogP contribution in [0.2, 0.25) is 0 Å². The van der Waals surface area contributed by atoms with Gasteiger partial charge in [-0.3, -0.25) is 0 Å². The first-order chi connectivity index (χ1) is 7.66. The van der Waals surface area contributed by atoms with Crippen LogP contribution in [0.25, 0.3) is 0 Å². The zero-order valence-corrected chi connectivity index (χ0v) is 9.55. The minimum atomic E-state index is -4.96. The van der Waals surface area contributed by atoms with Crippen molar-refractivity contribution in [2.24, 2.45) is 5.14 Å². The van der Waals surface area contributed by atoms with E-state index in [1.165, 1.54) is 19.2 Å². The summed E-state index contributed by atoms with van der Waals surface area (Å²) in [5.41, 5.74) is -0.444. The van der Waals surface area contributed by atoms with Crippen molar-refractivity contribution in [1.29, 1.82) is 0 Å². The fourth-order valence-electron chi connectivity index (χ4n) is 1.34. The van der Waals surface area contributed by atoms with E-state index in [9.17, 15) is 21.6 Å². The highest BCUT2D eigenvalue weighted by atomic mass is 32.2. The summed E-state index contributed by atoms with van der Waals surface area (Å²) in [6.45, 7) is 0. The van der Waals surface area contributed by atoms with Crippen LogP contribution in [-0.4, -0.2) is 21.7 Å². The van der Waals surface area contributed by atoms with Gasteiger partial charge in [0.15, 0.2) is 5.25 Å². The highest BCUT2D eigenvalue weighted by Gasteiger charge is 2.48. The Labute approximate surface area is 96.2 Å². The minimum absolute atomic E-state index is 0.323. The van der Waals surface area contributed by atoms with Gasteiger partial charge in [-0.2, -0.15) is 13.2 Å². The molecule has 8 heteroatoms. The second-order valence-electron chi connectivity index (χ2n) is 3.28. The molecule has 0 heterocycles. The van der Waals surface area contributed by atoms with Crippen molar-refractivity contribution >= 4 is 10.0 Å². The topological polar surface area (TPSA) is 69.4 Å². The number of benzene rings is 1. The number of alkyl halides is 3. The Balaban J connectivity index is 3.24. The first-order valence-corrected chi connectivity index (χ1v) is 5.99. The molecule has 0 fully saturated rings. The number of rotatable bonds is 3. The van der Waals surface area contributed by atoms with Crippen LogP contribution in [0.3, 0.4) is 0 Å². The second kappa shape index (κ2) is 4.53. The van der Waals surface area contributed by atoms with Crippen LogP contribution in [0.15, 0.2) is 24.3 Å². The molecule has 0 bridgehead atoms.